The molecule has 18 heavy (non-hydrogen) atoms. The van der Waals surface area contributed by atoms with Gasteiger partial charge in [0, 0.05) is 6.42 Å². The number of unbranched alkanes of at least 4 members (excludes halogenated alkanes) is 5. The van der Waals surface area contributed by atoms with Gasteiger partial charge >= 0.3 is 11.9 Å². The lowest BCUT2D eigenvalue weighted by atomic mass is 10.1. The fourth-order valence-corrected chi connectivity index (χ4v) is 1.46. The minimum absolute atomic E-state index is 0.152. The van der Waals surface area contributed by atoms with Crippen LogP contribution in [0.3, 0.4) is 0 Å². The van der Waals surface area contributed by atoms with Crippen LogP contribution in [-0.2, 0) is 19.1 Å². The van der Waals surface area contributed by atoms with Gasteiger partial charge in [0.1, 0.15) is 0 Å². The third-order valence-electron chi connectivity index (χ3n) is 2.56. The number of hydrogen-bond acceptors (Lipinski definition) is 4. The van der Waals surface area contributed by atoms with Crippen LogP contribution < -0.4 is 0 Å². The van der Waals surface area contributed by atoms with Crippen molar-refractivity contribution in [1.82, 2.24) is 0 Å². The molecule has 0 heterocycles. The first-order valence-electron chi connectivity index (χ1n) is 6.49. The third kappa shape index (κ3) is 9.81. The van der Waals surface area contributed by atoms with Crippen molar-refractivity contribution in [2.75, 3.05) is 6.61 Å². The number of carboxylic acids is 1. The van der Waals surface area contributed by atoms with E-state index in [2.05, 4.69) is 6.92 Å². The predicted octanol–water partition coefficient (Wildman–Crippen LogP) is 2.32. The number of Topliss-reactive ketones (excluding diaryl/α,β-unsaturated/α-hetero) is 1. The molecular formula is C13H22O5. The summed E-state index contributed by atoms with van der Waals surface area (Å²) in [6.45, 7) is 2.51. The van der Waals surface area contributed by atoms with Gasteiger partial charge in [-0.25, -0.2) is 4.79 Å². The number of ketones is 1. The fourth-order valence-electron chi connectivity index (χ4n) is 1.46. The van der Waals surface area contributed by atoms with E-state index in [4.69, 9.17) is 9.84 Å². The maximum Gasteiger partial charge on any atom is 0.372 e. The van der Waals surface area contributed by atoms with E-state index in [0.717, 1.165) is 19.3 Å². The van der Waals surface area contributed by atoms with Gasteiger partial charge in [0.15, 0.2) is 0 Å². The number of aliphatic carboxylic acids is 1. The molecule has 0 saturated heterocycles. The van der Waals surface area contributed by atoms with Crippen molar-refractivity contribution in [3.05, 3.63) is 0 Å². The Kier molecular flexibility index (Phi) is 9.91. The second-order valence-corrected chi connectivity index (χ2v) is 4.22. The van der Waals surface area contributed by atoms with Crippen LogP contribution in [0.4, 0.5) is 0 Å². The number of carbonyl (C=O) groups is 3. The number of esters is 1. The van der Waals surface area contributed by atoms with Crippen LogP contribution >= 0.6 is 0 Å². The van der Waals surface area contributed by atoms with Crippen molar-refractivity contribution in [1.29, 1.82) is 0 Å². The molecule has 0 rings (SSSR count). The highest BCUT2D eigenvalue weighted by atomic mass is 16.5. The molecule has 0 atom stereocenters. The molecule has 1 N–H and O–H groups in total. The normalized spacial score (nSPS) is 10.1. The Balaban J connectivity index is 3.37. The molecule has 0 amide bonds. The van der Waals surface area contributed by atoms with Crippen LogP contribution in [0.15, 0.2) is 0 Å². The van der Waals surface area contributed by atoms with Gasteiger partial charge in [-0.05, 0) is 6.42 Å². The number of hydrogen-bond donors (Lipinski definition) is 1. The minimum atomic E-state index is -1.50. The molecule has 0 aromatic heterocycles. The molecule has 0 aliphatic carbocycles. The van der Waals surface area contributed by atoms with Crippen LogP contribution in [0.1, 0.15) is 58.3 Å². The van der Waals surface area contributed by atoms with Gasteiger partial charge in [-0.3, -0.25) is 9.59 Å². The molecule has 0 radical (unpaired) electrons. The molecule has 0 aliphatic heterocycles. The first-order chi connectivity index (χ1) is 8.57. The Labute approximate surface area is 108 Å². The zero-order valence-corrected chi connectivity index (χ0v) is 10.9. The summed E-state index contributed by atoms with van der Waals surface area (Å²) in [4.78, 5) is 32.1. The zero-order valence-electron chi connectivity index (χ0n) is 10.9. The molecule has 5 heteroatoms. The van der Waals surface area contributed by atoms with E-state index >= 15 is 0 Å². The summed E-state index contributed by atoms with van der Waals surface area (Å²) in [5.74, 6) is -2.96. The van der Waals surface area contributed by atoms with Crippen molar-refractivity contribution >= 4 is 17.7 Å². The zero-order chi connectivity index (χ0) is 13.8. The number of rotatable bonds is 11. The van der Waals surface area contributed by atoms with E-state index in [1.807, 2.05) is 0 Å². The lowest BCUT2D eigenvalue weighted by molar-refractivity contribution is -0.150. The van der Waals surface area contributed by atoms with E-state index in [0.29, 0.717) is 6.61 Å². The average molecular weight is 258 g/mol. The van der Waals surface area contributed by atoms with Crippen LogP contribution in [0.5, 0.6) is 0 Å². The van der Waals surface area contributed by atoms with Crippen molar-refractivity contribution in [3.63, 3.8) is 0 Å². The van der Waals surface area contributed by atoms with Crippen LogP contribution in [0.25, 0.3) is 0 Å². The monoisotopic (exact) mass is 258 g/mol. The highest BCUT2D eigenvalue weighted by Gasteiger charge is 2.13. The van der Waals surface area contributed by atoms with Crippen LogP contribution in [0, 0.1) is 0 Å². The van der Waals surface area contributed by atoms with Crippen LogP contribution in [-0.4, -0.2) is 29.4 Å². The quantitative estimate of drug-likeness (QED) is 0.349. The summed E-state index contributed by atoms with van der Waals surface area (Å²) in [6.07, 6.45) is 6.19. The Bertz CT molecular complexity index is 273. The molecule has 0 unspecified atom stereocenters. The summed E-state index contributed by atoms with van der Waals surface area (Å²) in [6, 6.07) is 0. The Morgan fingerprint density at radius 2 is 1.56 bits per heavy atom. The lowest BCUT2D eigenvalue weighted by Crippen LogP contribution is -2.15. The van der Waals surface area contributed by atoms with E-state index in [1.165, 1.54) is 19.3 Å². The van der Waals surface area contributed by atoms with E-state index in [9.17, 15) is 14.4 Å². The smallest absolute Gasteiger partial charge is 0.372 e. The summed E-state index contributed by atoms with van der Waals surface area (Å²) < 4.78 is 4.89. The van der Waals surface area contributed by atoms with Gasteiger partial charge in [-0.15, -0.1) is 0 Å². The summed E-state index contributed by atoms with van der Waals surface area (Å²) in [7, 11) is 0. The predicted molar refractivity (Wildman–Crippen MR) is 66.2 cm³/mol. The topological polar surface area (TPSA) is 80.7 Å². The molecule has 0 bridgehead atoms. The van der Waals surface area contributed by atoms with Crippen LogP contribution in [0.2, 0.25) is 0 Å². The molecule has 0 aromatic rings. The second kappa shape index (κ2) is 10.7. The first kappa shape index (κ1) is 16.6. The minimum Gasteiger partial charge on any atom is -0.476 e. The number of ether oxygens (including phenoxy) is 1. The largest absolute Gasteiger partial charge is 0.476 e. The SMILES string of the molecule is CCCCCCCCOC(=O)CCC(=O)C(=O)O. The van der Waals surface area contributed by atoms with Crippen molar-refractivity contribution in [2.45, 2.75) is 58.3 Å². The Morgan fingerprint density at radius 1 is 0.944 bits per heavy atom. The van der Waals surface area contributed by atoms with Gasteiger partial charge < -0.3 is 9.84 Å². The Hall–Kier alpha value is -1.39. The number of carboxylic acid groups (broad SMARTS) is 1. The highest BCUT2D eigenvalue weighted by molar-refractivity contribution is 6.32. The second-order valence-electron chi connectivity index (χ2n) is 4.22. The van der Waals surface area contributed by atoms with Crippen molar-refractivity contribution in [2.24, 2.45) is 0 Å². The Morgan fingerprint density at radius 3 is 2.17 bits per heavy atom. The summed E-state index contributed by atoms with van der Waals surface area (Å²) in [5, 5.41) is 8.31. The van der Waals surface area contributed by atoms with Gasteiger partial charge in [0.25, 0.3) is 0 Å². The molecule has 0 fully saturated rings. The maximum absolute atomic E-state index is 11.1. The van der Waals surface area contributed by atoms with Crippen molar-refractivity contribution < 1.29 is 24.2 Å². The molecule has 0 aromatic carbocycles. The third-order valence-corrected chi connectivity index (χ3v) is 2.56. The van der Waals surface area contributed by atoms with E-state index < -0.39 is 17.7 Å². The molecular weight excluding hydrogens is 236 g/mol. The first-order valence-corrected chi connectivity index (χ1v) is 6.49. The maximum atomic E-state index is 11.1. The van der Waals surface area contributed by atoms with Crippen molar-refractivity contribution in [3.8, 4) is 0 Å². The molecule has 104 valence electrons. The fraction of sp³-hybridized carbons (Fsp3) is 0.769. The van der Waals surface area contributed by atoms with Gasteiger partial charge in [-0.2, -0.15) is 0 Å². The summed E-state index contributed by atoms with van der Waals surface area (Å²) in [5.41, 5.74) is 0. The number of carbonyl (C=O) groups excluding carboxylic acids is 2. The lowest BCUT2D eigenvalue weighted by Gasteiger charge is -2.04. The average Bonchev–Trinajstić information content (AvgIpc) is 2.34. The molecule has 0 spiro atoms. The highest BCUT2D eigenvalue weighted by Crippen LogP contribution is 2.05. The summed E-state index contributed by atoms with van der Waals surface area (Å²) >= 11 is 0. The van der Waals surface area contributed by atoms with E-state index in [1.54, 1.807) is 0 Å². The van der Waals surface area contributed by atoms with Gasteiger partial charge in [0.05, 0.1) is 13.0 Å². The molecule has 0 saturated carbocycles. The molecule has 0 aliphatic rings. The standard InChI is InChI=1S/C13H22O5/c1-2-3-4-5-6-7-10-18-12(15)9-8-11(14)13(16)17/h2-10H2,1H3,(H,16,17). The van der Waals surface area contributed by atoms with Gasteiger partial charge in [0.2, 0.25) is 5.78 Å². The molecule has 5 nitrogen and oxygen atoms in total. The van der Waals surface area contributed by atoms with E-state index in [-0.39, 0.29) is 12.8 Å². The van der Waals surface area contributed by atoms with Gasteiger partial charge in [-0.1, -0.05) is 39.0 Å².